The van der Waals surface area contributed by atoms with Gasteiger partial charge in [-0.15, -0.1) is 0 Å². The number of ether oxygens (including phenoxy) is 1. The smallest absolute Gasteiger partial charge is 0.253 e. The predicted molar refractivity (Wildman–Crippen MR) is 72.8 cm³/mol. The molecule has 2 aliphatic heterocycles. The van der Waals surface area contributed by atoms with Gasteiger partial charge in [0.25, 0.3) is 5.91 Å². The van der Waals surface area contributed by atoms with E-state index >= 15 is 0 Å². The van der Waals surface area contributed by atoms with E-state index in [-0.39, 0.29) is 5.91 Å². The number of benzene rings is 1. The molecule has 4 heteroatoms. The molecule has 1 aromatic carbocycles. The molecule has 3 rings (SSSR count). The maximum Gasteiger partial charge on any atom is 0.253 e. The van der Waals surface area contributed by atoms with Crippen molar-refractivity contribution in [3.63, 3.8) is 0 Å². The van der Waals surface area contributed by atoms with Crippen molar-refractivity contribution in [1.29, 1.82) is 0 Å². The number of rotatable bonds is 3. The molecule has 102 valence electrons. The molecule has 4 nitrogen and oxygen atoms in total. The Balaban J connectivity index is 1.64. The van der Waals surface area contributed by atoms with Crippen LogP contribution in [0.5, 0.6) is 0 Å². The van der Waals surface area contributed by atoms with Crippen molar-refractivity contribution in [3.05, 3.63) is 35.4 Å². The van der Waals surface area contributed by atoms with Crippen LogP contribution >= 0.6 is 0 Å². The van der Waals surface area contributed by atoms with Crippen molar-refractivity contribution < 1.29 is 9.53 Å². The lowest BCUT2D eigenvalue weighted by molar-refractivity contribution is -0.134. The molecule has 2 heterocycles. The van der Waals surface area contributed by atoms with E-state index in [2.05, 4.69) is 16.7 Å². The van der Waals surface area contributed by atoms with Gasteiger partial charge in [-0.25, -0.2) is 0 Å². The highest BCUT2D eigenvalue weighted by molar-refractivity contribution is 5.82. The van der Waals surface area contributed by atoms with Crippen molar-refractivity contribution in [2.45, 2.75) is 18.9 Å². The first-order valence-corrected chi connectivity index (χ1v) is 7.02. The average molecular weight is 260 g/mol. The number of nitrogens with one attached hydrogen (secondary N) is 2. The Bertz CT molecular complexity index is 455. The van der Waals surface area contributed by atoms with Gasteiger partial charge in [-0.3, -0.25) is 4.79 Å². The van der Waals surface area contributed by atoms with E-state index in [0.717, 1.165) is 38.0 Å². The van der Waals surface area contributed by atoms with Crippen LogP contribution in [0.15, 0.2) is 24.3 Å². The molecule has 1 aromatic rings. The molecule has 0 aromatic heterocycles. The van der Waals surface area contributed by atoms with Crippen molar-refractivity contribution >= 4 is 5.91 Å². The topological polar surface area (TPSA) is 50.4 Å². The average Bonchev–Trinajstić information content (AvgIpc) is 2.97. The first-order chi connectivity index (χ1) is 9.34. The monoisotopic (exact) mass is 260 g/mol. The summed E-state index contributed by atoms with van der Waals surface area (Å²) in [6, 6.07) is 8.06. The van der Waals surface area contributed by atoms with Crippen molar-refractivity contribution in [1.82, 2.24) is 10.6 Å². The SMILES string of the molecule is O=C(NCC1CCNC1)C1OCCc2ccccc21. The first kappa shape index (κ1) is 12.6. The second-order valence-corrected chi connectivity index (χ2v) is 5.30. The Morgan fingerprint density at radius 2 is 2.32 bits per heavy atom. The van der Waals surface area contributed by atoms with E-state index in [9.17, 15) is 4.79 Å². The first-order valence-electron chi connectivity index (χ1n) is 7.02. The molecule has 1 saturated heterocycles. The van der Waals surface area contributed by atoms with Gasteiger partial charge in [-0.1, -0.05) is 24.3 Å². The zero-order valence-electron chi connectivity index (χ0n) is 11.0. The van der Waals surface area contributed by atoms with Crippen LogP contribution in [0, 0.1) is 5.92 Å². The molecule has 2 atom stereocenters. The van der Waals surface area contributed by atoms with Gasteiger partial charge in [0, 0.05) is 6.54 Å². The van der Waals surface area contributed by atoms with Crippen LogP contribution in [0.4, 0.5) is 0 Å². The van der Waals surface area contributed by atoms with Crippen LogP contribution in [-0.4, -0.2) is 32.1 Å². The van der Waals surface area contributed by atoms with Gasteiger partial charge in [0.15, 0.2) is 6.10 Å². The highest BCUT2D eigenvalue weighted by Gasteiger charge is 2.27. The van der Waals surface area contributed by atoms with Gasteiger partial charge in [0.1, 0.15) is 0 Å². The van der Waals surface area contributed by atoms with Gasteiger partial charge in [0.05, 0.1) is 6.61 Å². The minimum atomic E-state index is -0.431. The summed E-state index contributed by atoms with van der Waals surface area (Å²) in [6.45, 7) is 3.43. The Kier molecular flexibility index (Phi) is 3.80. The van der Waals surface area contributed by atoms with Crippen LogP contribution in [0.2, 0.25) is 0 Å². The Hall–Kier alpha value is -1.39. The van der Waals surface area contributed by atoms with Crippen LogP contribution in [0.3, 0.4) is 0 Å². The summed E-state index contributed by atoms with van der Waals surface area (Å²) in [5, 5.41) is 6.34. The lowest BCUT2D eigenvalue weighted by Gasteiger charge is -2.25. The normalized spacial score (nSPS) is 25.9. The number of hydrogen-bond acceptors (Lipinski definition) is 3. The van der Waals surface area contributed by atoms with Gasteiger partial charge in [-0.2, -0.15) is 0 Å². The van der Waals surface area contributed by atoms with Crippen LogP contribution in [-0.2, 0) is 16.0 Å². The van der Waals surface area contributed by atoms with Crippen molar-refractivity contribution in [3.8, 4) is 0 Å². The lowest BCUT2D eigenvalue weighted by Crippen LogP contribution is -2.36. The highest BCUT2D eigenvalue weighted by atomic mass is 16.5. The van der Waals surface area contributed by atoms with Gasteiger partial charge >= 0.3 is 0 Å². The number of carbonyl (C=O) groups is 1. The van der Waals surface area contributed by atoms with Crippen LogP contribution in [0.1, 0.15) is 23.7 Å². The standard InChI is InChI=1S/C15H20N2O2/c18-15(17-10-11-5-7-16-9-11)14-13-4-2-1-3-12(13)6-8-19-14/h1-4,11,14,16H,5-10H2,(H,17,18). The van der Waals surface area contributed by atoms with Crippen molar-refractivity contribution in [2.75, 3.05) is 26.2 Å². The summed E-state index contributed by atoms with van der Waals surface area (Å²) in [5.41, 5.74) is 2.26. The third-order valence-electron chi connectivity index (χ3n) is 3.96. The molecule has 1 amide bonds. The number of amides is 1. The van der Waals surface area contributed by atoms with E-state index in [4.69, 9.17) is 4.74 Å². The predicted octanol–water partition coefficient (Wildman–Crippen LogP) is 1.03. The molecule has 0 bridgehead atoms. The van der Waals surface area contributed by atoms with E-state index < -0.39 is 6.10 Å². The summed E-state index contributed by atoms with van der Waals surface area (Å²) >= 11 is 0. The van der Waals surface area contributed by atoms with Crippen LogP contribution in [0.25, 0.3) is 0 Å². The number of hydrogen-bond donors (Lipinski definition) is 2. The minimum absolute atomic E-state index is 0.000880. The molecule has 2 N–H and O–H groups in total. The summed E-state index contributed by atoms with van der Waals surface area (Å²) in [5.74, 6) is 0.557. The minimum Gasteiger partial charge on any atom is -0.363 e. The maximum absolute atomic E-state index is 12.3. The number of fused-ring (bicyclic) bond motifs is 1. The third kappa shape index (κ3) is 2.80. The molecule has 0 spiro atoms. The Morgan fingerprint density at radius 3 is 3.16 bits per heavy atom. The third-order valence-corrected chi connectivity index (χ3v) is 3.96. The Morgan fingerprint density at radius 1 is 1.42 bits per heavy atom. The van der Waals surface area contributed by atoms with Crippen LogP contribution < -0.4 is 10.6 Å². The quantitative estimate of drug-likeness (QED) is 0.853. The fourth-order valence-corrected chi connectivity index (χ4v) is 2.84. The summed E-state index contributed by atoms with van der Waals surface area (Å²) in [7, 11) is 0. The summed E-state index contributed by atoms with van der Waals surface area (Å²) < 4.78 is 5.65. The maximum atomic E-state index is 12.3. The molecule has 2 unspecified atom stereocenters. The van der Waals surface area contributed by atoms with Gasteiger partial charge < -0.3 is 15.4 Å². The van der Waals surface area contributed by atoms with E-state index in [0.29, 0.717) is 12.5 Å². The largest absolute Gasteiger partial charge is 0.363 e. The lowest BCUT2D eigenvalue weighted by atomic mass is 9.97. The fourth-order valence-electron chi connectivity index (χ4n) is 2.84. The molecule has 0 aliphatic carbocycles. The second kappa shape index (κ2) is 5.72. The molecule has 0 saturated carbocycles. The van der Waals surface area contributed by atoms with Gasteiger partial charge in [-0.05, 0) is 43.0 Å². The molecule has 1 fully saturated rings. The van der Waals surface area contributed by atoms with E-state index in [1.807, 2.05) is 18.2 Å². The fraction of sp³-hybridized carbons (Fsp3) is 0.533. The van der Waals surface area contributed by atoms with Gasteiger partial charge in [0.2, 0.25) is 0 Å². The van der Waals surface area contributed by atoms with Crippen molar-refractivity contribution in [2.24, 2.45) is 5.92 Å². The highest BCUT2D eigenvalue weighted by Crippen LogP contribution is 2.27. The molecule has 0 radical (unpaired) electrons. The molecule has 2 aliphatic rings. The number of carbonyl (C=O) groups excluding carboxylic acids is 1. The molecule has 19 heavy (non-hydrogen) atoms. The molecular weight excluding hydrogens is 240 g/mol. The van der Waals surface area contributed by atoms with E-state index in [1.54, 1.807) is 0 Å². The van der Waals surface area contributed by atoms with E-state index in [1.165, 1.54) is 5.56 Å². The summed E-state index contributed by atoms with van der Waals surface area (Å²) in [4.78, 5) is 12.3. The Labute approximate surface area is 113 Å². The summed E-state index contributed by atoms with van der Waals surface area (Å²) in [6.07, 6.45) is 1.61. The molecular formula is C15H20N2O2. The zero-order valence-corrected chi connectivity index (χ0v) is 11.0. The zero-order chi connectivity index (χ0) is 13.1. The second-order valence-electron chi connectivity index (χ2n) is 5.30.